The van der Waals surface area contributed by atoms with Gasteiger partial charge in [0.25, 0.3) is 0 Å². The largest absolute Gasteiger partial charge is 0.496 e. The molecule has 0 unspecified atom stereocenters. The van der Waals surface area contributed by atoms with Crippen molar-refractivity contribution in [2.75, 3.05) is 7.11 Å². The summed E-state index contributed by atoms with van der Waals surface area (Å²) in [4.78, 5) is 0. The molecule has 78 valence electrons. The number of nitrogens with two attached hydrogens (primary N) is 1. The highest BCUT2D eigenvalue weighted by Gasteiger charge is 2.17. The predicted molar refractivity (Wildman–Crippen MR) is 56.1 cm³/mol. The molecule has 0 heterocycles. The summed E-state index contributed by atoms with van der Waals surface area (Å²) < 4.78 is 5.14. The van der Waals surface area contributed by atoms with Crippen molar-refractivity contribution < 1.29 is 9.84 Å². The molecule has 0 saturated heterocycles. The summed E-state index contributed by atoms with van der Waals surface area (Å²) in [5, 5.41) is 9.79. The van der Waals surface area contributed by atoms with Gasteiger partial charge in [-0.25, -0.2) is 0 Å². The van der Waals surface area contributed by atoms with Crippen LogP contribution in [-0.2, 0) is 12.1 Å². The Balaban J connectivity index is 3.14. The fourth-order valence-electron chi connectivity index (χ4n) is 1.32. The number of rotatable bonds is 3. The third-order valence-electron chi connectivity index (χ3n) is 2.21. The first-order valence-corrected chi connectivity index (χ1v) is 4.59. The molecular formula is C11H17NO2. The van der Waals surface area contributed by atoms with E-state index in [1.165, 1.54) is 0 Å². The summed E-state index contributed by atoms with van der Waals surface area (Å²) in [6, 6.07) is 5.55. The molecule has 0 spiro atoms. The van der Waals surface area contributed by atoms with Gasteiger partial charge in [-0.05, 0) is 31.5 Å². The van der Waals surface area contributed by atoms with Crippen molar-refractivity contribution in [1.82, 2.24) is 0 Å². The van der Waals surface area contributed by atoms with E-state index in [0.29, 0.717) is 6.54 Å². The second kappa shape index (κ2) is 3.98. The standard InChI is InChI=1S/C11H17NO2/c1-11(2,13)9-4-5-10(14-3)8(6-9)7-12/h4-6,13H,7,12H2,1-3H3. The van der Waals surface area contributed by atoms with Crippen molar-refractivity contribution in [3.8, 4) is 5.75 Å². The number of ether oxygens (including phenoxy) is 1. The minimum absolute atomic E-state index is 0.410. The zero-order valence-electron chi connectivity index (χ0n) is 8.87. The second-order valence-electron chi connectivity index (χ2n) is 3.79. The molecule has 0 radical (unpaired) electrons. The van der Waals surface area contributed by atoms with E-state index in [1.54, 1.807) is 21.0 Å². The van der Waals surface area contributed by atoms with Crippen LogP contribution in [0.1, 0.15) is 25.0 Å². The van der Waals surface area contributed by atoms with Crippen molar-refractivity contribution in [2.24, 2.45) is 5.73 Å². The maximum atomic E-state index is 9.79. The lowest BCUT2D eigenvalue weighted by Gasteiger charge is -2.19. The lowest BCUT2D eigenvalue weighted by Crippen LogP contribution is -2.16. The average Bonchev–Trinajstić information content (AvgIpc) is 2.15. The molecular weight excluding hydrogens is 178 g/mol. The predicted octanol–water partition coefficient (Wildman–Crippen LogP) is 1.38. The molecule has 3 heteroatoms. The third-order valence-corrected chi connectivity index (χ3v) is 2.21. The second-order valence-corrected chi connectivity index (χ2v) is 3.79. The Labute approximate surface area is 84.5 Å². The molecule has 1 aromatic rings. The molecule has 1 aromatic carbocycles. The number of hydrogen-bond acceptors (Lipinski definition) is 3. The van der Waals surface area contributed by atoms with Crippen LogP contribution < -0.4 is 10.5 Å². The van der Waals surface area contributed by atoms with Gasteiger partial charge in [0.05, 0.1) is 12.7 Å². The van der Waals surface area contributed by atoms with Gasteiger partial charge in [-0.2, -0.15) is 0 Å². The molecule has 0 amide bonds. The summed E-state index contributed by atoms with van der Waals surface area (Å²) in [5.41, 5.74) is 6.50. The number of benzene rings is 1. The molecule has 0 saturated carbocycles. The van der Waals surface area contributed by atoms with Gasteiger partial charge in [0.2, 0.25) is 0 Å². The van der Waals surface area contributed by atoms with Gasteiger partial charge in [-0.3, -0.25) is 0 Å². The first kappa shape index (κ1) is 11.0. The smallest absolute Gasteiger partial charge is 0.123 e. The normalized spacial score (nSPS) is 11.5. The van der Waals surface area contributed by atoms with Crippen LogP contribution in [0, 0.1) is 0 Å². The average molecular weight is 195 g/mol. The van der Waals surface area contributed by atoms with Crippen LogP contribution >= 0.6 is 0 Å². The van der Waals surface area contributed by atoms with E-state index in [-0.39, 0.29) is 0 Å². The van der Waals surface area contributed by atoms with Crippen LogP contribution in [0.5, 0.6) is 5.75 Å². The highest BCUT2D eigenvalue weighted by molar-refractivity contribution is 5.38. The zero-order chi connectivity index (χ0) is 10.8. The van der Waals surface area contributed by atoms with Crippen molar-refractivity contribution >= 4 is 0 Å². The molecule has 3 nitrogen and oxygen atoms in total. The summed E-state index contributed by atoms with van der Waals surface area (Å²) in [6.45, 7) is 3.90. The maximum Gasteiger partial charge on any atom is 0.123 e. The van der Waals surface area contributed by atoms with Crippen LogP contribution in [0.2, 0.25) is 0 Å². The van der Waals surface area contributed by atoms with Gasteiger partial charge in [0.15, 0.2) is 0 Å². The summed E-state index contributed by atoms with van der Waals surface area (Å²) in [5.74, 6) is 0.764. The summed E-state index contributed by atoms with van der Waals surface area (Å²) >= 11 is 0. The van der Waals surface area contributed by atoms with Crippen LogP contribution in [0.3, 0.4) is 0 Å². The van der Waals surface area contributed by atoms with Crippen LogP contribution in [0.4, 0.5) is 0 Å². The van der Waals surface area contributed by atoms with Crippen LogP contribution in [0.25, 0.3) is 0 Å². The molecule has 0 aliphatic rings. The number of methoxy groups -OCH3 is 1. The van der Waals surface area contributed by atoms with Gasteiger partial charge in [0, 0.05) is 12.1 Å². The van der Waals surface area contributed by atoms with Crippen molar-refractivity contribution in [3.05, 3.63) is 29.3 Å². The molecule has 3 N–H and O–H groups in total. The van der Waals surface area contributed by atoms with E-state index in [4.69, 9.17) is 10.5 Å². The number of aliphatic hydroxyl groups is 1. The van der Waals surface area contributed by atoms with Crippen molar-refractivity contribution in [1.29, 1.82) is 0 Å². The fraction of sp³-hybridized carbons (Fsp3) is 0.455. The Hall–Kier alpha value is -1.06. The molecule has 0 aliphatic heterocycles. The molecule has 1 rings (SSSR count). The molecule has 0 bridgehead atoms. The van der Waals surface area contributed by atoms with E-state index >= 15 is 0 Å². The lowest BCUT2D eigenvalue weighted by molar-refractivity contribution is 0.0784. The summed E-state index contributed by atoms with van der Waals surface area (Å²) in [6.07, 6.45) is 0. The Morgan fingerprint density at radius 1 is 1.43 bits per heavy atom. The van der Waals surface area contributed by atoms with Crippen LogP contribution in [0.15, 0.2) is 18.2 Å². The zero-order valence-corrected chi connectivity index (χ0v) is 8.87. The quantitative estimate of drug-likeness (QED) is 0.766. The van der Waals surface area contributed by atoms with E-state index in [2.05, 4.69) is 0 Å². The SMILES string of the molecule is COc1ccc(C(C)(C)O)cc1CN. The highest BCUT2D eigenvalue weighted by Crippen LogP contribution is 2.25. The molecule has 0 fully saturated rings. The fourth-order valence-corrected chi connectivity index (χ4v) is 1.32. The Kier molecular flexibility index (Phi) is 3.13. The highest BCUT2D eigenvalue weighted by atomic mass is 16.5. The van der Waals surface area contributed by atoms with Gasteiger partial charge in [-0.1, -0.05) is 6.07 Å². The Morgan fingerprint density at radius 2 is 2.07 bits per heavy atom. The monoisotopic (exact) mass is 195 g/mol. The molecule has 0 aliphatic carbocycles. The lowest BCUT2D eigenvalue weighted by atomic mass is 9.96. The van der Waals surface area contributed by atoms with Gasteiger partial charge >= 0.3 is 0 Å². The van der Waals surface area contributed by atoms with Crippen molar-refractivity contribution in [2.45, 2.75) is 26.0 Å². The van der Waals surface area contributed by atoms with E-state index in [9.17, 15) is 5.11 Å². The van der Waals surface area contributed by atoms with E-state index in [1.807, 2.05) is 18.2 Å². The third kappa shape index (κ3) is 2.25. The number of hydrogen-bond donors (Lipinski definition) is 2. The summed E-state index contributed by atoms with van der Waals surface area (Å²) in [7, 11) is 1.61. The van der Waals surface area contributed by atoms with Crippen LogP contribution in [-0.4, -0.2) is 12.2 Å². The Bertz CT molecular complexity index is 316. The first-order chi connectivity index (χ1) is 6.49. The maximum absolute atomic E-state index is 9.79. The molecule has 0 aromatic heterocycles. The first-order valence-electron chi connectivity index (χ1n) is 4.59. The van der Waals surface area contributed by atoms with E-state index in [0.717, 1.165) is 16.9 Å². The van der Waals surface area contributed by atoms with Crippen molar-refractivity contribution in [3.63, 3.8) is 0 Å². The minimum Gasteiger partial charge on any atom is -0.496 e. The topological polar surface area (TPSA) is 55.5 Å². The minimum atomic E-state index is -0.837. The van der Waals surface area contributed by atoms with Gasteiger partial charge in [-0.15, -0.1) is 0 Å². The van der Waals surface area contributed by atoms with E-state index < -0.39 is 5.60 Å². The Morgan fingerprint density at radius 3 is 2.50 bits per heavy atom. The van der Waals surface area contributed by atoms with Gasteiger partial charge in [0.1, 0.15) is 5.75 Å². The van der Waals surface area contributed by atoms with Gasteiger partial charge < -0.3 is 15.6 Å². The molecule has 14 heavy (non-hydrogen) atoms. The molecule has 0 atom stereocenters.